The van der Waals surface area contributed by atoms with Gasteiger partial charge in [0.2, 0.25) is 0 Å². The van der Waals surface area contributed by atoms with E-state index < -0.39 is 78.9 Å². The number of halogens is 3. The summed E-state index contributed by atoms with van der Waals surface area (Å²) >= 11 is 5.77. The number of ether oxygens (including phenoxy) is 7. The van der Waals surface area contributed by atoms with Crippen molar-refractivity contribution in [3.05, 3.63) is 21.8 Å². The first-order chi connectivity index (χ1) is 22.7. The zero-order valence-corrected chi connectivity index (χ0v) is 34.3. The minimum absolute atomic E-state index is 0.00850. The molecule has 0 aliphatic carbocycles. The summed E-state index contributed by atoms with van der Waals surface area (Å²) in [7, 11) is 0. The third kappa shape index (κ3) is 12.7. The van der Waals surface area contributed by atoms with Crippen molar-refractivity contribution in [2.45, 2.75) is 72.5 Å². The molecule has 1 atom stereocenters. The SMILES string of the molecule is CC(=O)OCCN(C(=O)C1COC(C)(C)O1)c1c(I)c(COC(C)=O)c(I)c(C(=O)NC(COC(C)=O)(COC(C)=O)COC(C)=O)c1I. The van der Waals surface area contributed by atoms with Crippen molar-refractivity contribution in [3.8, 4) is 0 Å². The van der Waals surface area contributed by atoms with Crippen LogP contribution in [-0.4, -0.2) is 98.7 Å². The summed E-state index contributed by atoms with van der Waals surface area (Å²) in [5.74, 6) is -5.80. The monoisotopic (exact) mass is 1030 g/mol. The molecule has 1 N–H and O–H groups in total. The fraction of sp³-hybridized carbons (Fsp3) is 0.567. The molecule has 49 heavy (non-hydrogen) atoms. The van der Waals surface area contributed by atoms with Crippen LogP contribution in [0.2, 0.25) is 0 Å². The van der Waals surface area contributed by atoms with Crippen molar-refractivity contribution in [2.24, 2.45) is 0 Å². The lowest BCUT2D eigenvalue weighted by molar-refractivity contribution is -0.154. The molecule has 0 radical (unpaired) electrons. The van der Waals surface area contributed by atoms with E-state index in [0.717, 1.165) is 20.8 Å². The van der Waals surface area contributed by atoms with E-state index >= 15 is 0 Å². The maximum Gasteiger partial charge on any atom is 0.302 e. The number of anilines is 1. The highest BCUT2D eigenvalue weighted by atomic mass is 127. The van der Waals surface area contributed by atoms with Gasteiger partial charge in [0, 0.05) is 47.3 Å². The summed E-state index contributed by atoms with van der Waals surface area (Å²) in [4.78, 5) is 88.7. The van der Waals surface area contributed by atoms with Gasteiger partial charge in [-0.25, -0.2) is 0 Å². The minimum atomic E-state index is -1.75. The molecule has 1 unspecified atom stereocenters. The molecule has 19 heteroatoms. The molecule has 1 fully saturated rings. The topological polar surface area (TPSA) is 199 Å². The van der Waals surface area contributed by atoms with Crippen molar-refractivity contribution in [1.82, 2.24) is 5.32 Å². The quantitative estimate of drug-likeness (QED) is 0.153. The van der Waals surface area contributed by atoms with Crippen LogP contribution in [0.25, 0.3) is 0 Å². The Balaban J connectivity index is 2.83. The van der Waals surface area contributed by atoms with Gasteiger partial charge in [0.1, 0.15) is 38.6 Å². The highest BCUT2D eigenvalue weighted by Crippen LogP contribution is 2.39. The number of amides is 2. The van der Waals surface area contributed by atoms with Crippen LogP contribution in [0.5, 0.6) is 0 Å². The Morgan fingerprint density at radius 1 is 0.776 bits per heavy atom. The summed E-state index contributed by atoms with van der Waals surface area (Å²) in [6.45, 7) is 6.70. The van der Waals surface area contributed by atoms with Crippen LogP contribution in [0.4, 0.5) is 5.69 Å². The van der Waals surface area contributed by atoms with Gasteiger partial charge in [-0.05, 0) is 81.6 Å². The number of hydrogen-bond acceptors (Lipinski definition) is 14. The minimum Gasteiger partial charge on any atom is -0.464 e. The fourth-order valence-electron chi connectivity index (χ4n) is 4.29. The molecular weight excluding hydrogens is 993 g/mol. The van der Waals surface area contributed by atoms with E-state index in [9.17, 15) is 33.6 Å². The van der Waals surface area contributed by atoms with Gasteiger partial charge in [-0.1, -0.05) is 0 Å². The Morgan fingerprint density at radius 2 is 1.27 bits per heavy atom. The van der Waals surface area contributed by atoms with Gasteiger partial charge >= 0.3 is 29.8 Å². The highest BCUT2D eigenvalue weighted by molar-refractivity contribution is 14.1. The predicted molar refractivity (Wildman–Crippen MR) is 194 cm³/mol. The number of rotatable bonds is 15. The number of esters is 5. The average molecular weight is 1030 g/mol. The molecule has 0 spiro atoms. The first-order valence-corrected chi connectivity index (χ1v) is 17.8. The maximum atomic E-state index is 14.4. The highest BCUT2D eigenvalue weighted by Gasteiger charge is 2.42. The molecule has 2 amide bonds. The maximum absolute atomic E-state index is 14.4. The number of hydrogen-bond donors (Lipinski definition) is 1. The summed E-state index contributed by atoms with van der Waals surface area (Å²) in [5, 5.41) is 2.72. The average Bonchev–Trinajstić information content (AvgIpc) is 3.35. The largest absolute Gasteiger partial charge is 0.464 e. The molecule has 1 aromatic carbocycles. The lowest BCUT2D eigenvalue weighted by Crippen LogP contribution is -2.59. The summed E-state index contributed by atoms with van der Waals surface area (Å²) in [6, 6.07) is 0. The van der Waals surface area contributed by atoms with Crippen molar-refractivity contribution in [1.29, 1.82) is 0 Å². The third-order valence-electron chi connectivity index (χ3n) is 6.51. The normalized spacial score (nSPS) is 15.1. The number of benzene rings is 1. The van der Waals surface area contributed by atoms with Gasteiger partial charge in [0.25, 0.3) is 11.8 Å². The zero-order valence-electron chi connectivity index (χ0n) is 27.8. The van der Waals surface area contributed by atoms with E-state index in [-0.39, 0.29) is 41.2 Å². The summed E-state index contributed by atoms with van der Waals surface area (Å²) < 4.78 is 38.5. The van der Waals surface area contributed by atoms with E-state index in [1.165, 1.54) is 18.7 Å². The third-order valence-corrected chi connectivity index (χ3v) is 9.91. The number of carbonyl (C=O) groups is 7. The van der Waals surface area contributed by atoms with Gasteiger partial charge in [0.15, 0.2) is 11.9 Å². The number of carbonyl (C=O) groups excluding carboxylic acids is 7. The van der Waals surface area contributed by atoms with Gasteiger partial charge in [-0.2, -0.15) is 0 Å². The van der Waals surface area contributed by atoms with E-state index in [2.05, 4.69) is 5.32 Å². The molecule has 1 aliphatic heterocycles. The first kappa shape index (κ1) is 42.8. The molecule has 0 bridgehead atoms. The molecule has 0 saturated carbocycles. The Bertz CT molecular complexity index is 1440. The van der Waals surface area contributed by atoms with Crippen LogP contribution >= 0.6 is 67.8 Å². The smallest absolute Gasteiger partial charge is 0.302 e. The summed E-state index contributed by atoms with van der Waals surface area (Å²) in [6.07, 6.45) is -1.06. The van der Waals surface area contributed by atoms with E-state index in [4.69, 9.17) is 33.2 Å². The molecule has 1 heterocycles. The molecule has 1 aliphatic rings. The van der Waals surface area contributed by atoms with Crippen LogP contribution < -0.4 is 10.2 Å². The van der Waals surface area contributed by atoms with Gasteiger partial charge in [0.05, 0.1) is 28.0 Å². The molecule has 272 valence electrons. The molecule has 2 rings (SSSR count). The van der Waals surface area contributed by atoms with E-state index in [0.29, 0.717) is 12.7 Å². The van der Waals surface area contributed by atoms with E-state index in [1.807, 2.05) is 67.8 Å². The van der Waals surface area contributed by atoms with E-state index in [1.54, 1.807) is 13.8 Å². The Kier molecular flexibility index (Phi) is 16.4. The van der Waals surface area contributed by atoms with Crippen molar-refractivity contribution < 1.29 is 66.7 Å². The Labute approximate surface area is 323 Å². The lowest BCUT2D eigenvalue weighted by Gasteiger charge is -2.34. The molecule has 1 aromatic rings. The second-order valence-electron chi connectivity index (χ2n) is 11.1. The van der Waals surface area contributed by atoms with Crippen molar-refractivity contribution in [3.63, 3.8) is 0 Å². The number of nitrogens with one attached hydrogen (secondary N) is 1. The Morgan fingerprint density at radius 3 is 1.69 bits per heavy atom. The number of nitrogens with zero attached hydrogens (tertiary/aromatic N) is 1. The zero-order chi connectivity index (χ0) is 37.3. The lowest BCUT2D eigenvalue weighted by atomic mass is 10.0. The Hall–Kier alpha value is -2.38. The first-order valence-electron chi connectivity index (χ1n) is 14.5. The van der Waals surface area contributed by atoms with Crippen LogP contribution in [0.3, 0.4) is 0 Å². The molecule has 0 aromatic heterocycles. The van der Waals surface area contributed by atoms with Crippen LogP contribution in [-0.2, 0) is 68.5 Å². The van der Waals surface area contributed by atoms with Crippen molar-refractivity contribution in [2.75, 3.05) is 44.5 Å². The molecular formula is C30H37I3N2O14. The van der Waals surface area contributed by atoms with Crippen LogP contribution in [0.15, 0.2) is 0 Å². The van der Waals surface area contributed by atoms with Crippen LogP contribution in [0, 0.1) is 10.7 Å². The van der Waals surface area contributed by atoms with Crippen molar-refractivity contribution >= 4 is 115 Å². The summed E-state index contributed by atoms with van der Waals surface area (Å²) in [5.41, 5.74) is -1.19. The standard InChI is InChI=1S/C30H37I3N2O14/c1-15(36)43-9-8-35(28(42)21-11-48-29(6,7)49-21)26-24(32)20(10-44-16(2)37)23(31)22(25(26)33)27(41)34-30(12-45-17(3)38,13-46-18(4)39)14-47-19(5)40/h21H,8-14H2,1-7H3,(H,34,41). The fourth-order valence-corrected chi connectivity index (χ4v) is 8.84. The molecule has 16 nitrogen and oxygen atoms in total. The van der Waals surface area contributed by atoms with Gasteiger partial charge in [-0.3, -0.25) is 33.6 Å². The second-order valence-corrected chi connectivity index (χ2v) is 14.4. The molecule has 1 saturated heterocycles. The van der Waals surface area contributed by atoms with Gasteiger partial charge in [-0.15, -0.1) is 0 Å². The van der Waals surface area contributed by atoms with Gasteiger partial charge < -0.3 is 43.4 Å². The predicted octanol–water partition coefficient (Wildman–Crippen LogP) is 2.77. The van der Waals surface area contributed by atoms with Crippen LogP contribution in [0.1, 0.15) is 64.4 Å². The second kappa shape index (κ2) is 18.7.